The Balaban J connectivity index is 2.18. The van der Waals surface area contributed by atoms with Crippen LogP contribution in [0.2, 0.25) is 0 Å². The van der Waals surface area contributed by atoms with Crippen LogP contribution in [0.3, 0.4) is 0 Å². The summed E-state index contributed by atoms with van der Waals surface area (Å²) in [7, 11) is 0. The van der Waals surface area contributed by atoms with Crippen molar-refractivity contribution >= 4 is 28.4 Å². The van der Waals surface area contributed by atoms with Gasteiger partial charge >= 0.3 is 0 Å². The maximum Gasteiger partial charge on any atom is 0.162 e. The SMILES string of the molecule is CCNc1nc(-c2c(C)cccc2C)nc(C2CC2)c1I. The molecule has 0 amide bonds. The zero-order chi connectivity index (χ0) is 15.0. The molecule has 1 aromatic carbocycles. The van der Waals surface area contributed by atoms with Crippen LogP contribution in [0.15, 0.2) is 18.2 Å². The van der Waals surface area contributed by atoms with Gasteiger partial charge in [0, 0.05) is 18.0 Å². The predicted octanol–water partition coefficient (Wildman–Crippen LogP) is 4.67. The van der Waals surface area contributed by atoms with E-state index in [1.807, 2.05) is 0 Å². The fraction of sp³-hybridized carbons (Fsp3) is 0.412. The molecule has 1 fully saturated rings. The molecular weight excluding hydrogens is 373 g/mol. The molecule has 0 atom stereocenters. The Labute approximate surface area is 139 Å². The number of halogens is 1. The summed E-state index contributed by atoms with van der Waals surface area (Å²) < 4.78 is 1.19. The first-order valence-corrected chi connectivity index (χ1v) is 8.57. The number of nitrogens with zero attached hydrogens (tertiary/aromatic N) is 2. The number of anilines is 1. The minimum atomic E-state index is 0.625. The van der Waals surface area contributed by atoms with Crippen LogP contribution in [-0.4, -0.2) is 16.5 Å². The van der Waals surface area contributed by atoms with Crippen LogP contribution >= 0.6 is 22.6 Å². The van der Waals surface area contributed by atoms with Crippen molar-refractivity contribution in [2.75, 3.05) is 11.9 Å². The third kappa shape index (κ3) is 2.91. The fourth-order valence-corrected chi connectivity index (χ4v) is 3.53. The van der Waals surface area contributed by atoms with Gasteiger partial charge in [-0.25, -0.2) is 9.97 Å². The number of aromatic nitrogens is 2. The van der Waals surface area contributed by atoms with Crippen molar-refractivity contribution in [2.45, 2.75) is 39.5 Å². The van der Waals surface area contributed by atoms with E-state index in [0.717, 1.165) is 18.2 Å². The molecular formula is C17H20IN3. The first-order valence-electron chi connectivity index (χ1n) is 7.49. The van der Waals surface area contributed by atoms with E-state index < -0.39 is 0 Å². The Morgan fingerprint density at radius 1 is 1.19 bits per heavy atom. The quantitative estimate of drug-likeness (QED) is 0.767. The smallest absolute Gasteiger partial charge is 0.162 e. The van der Waals surface area contributed by atoms with E-state index in [4.69, 9.17) is 9.97 Å². The molecule has 0 bridgehead atoms. The summed E-state index contributed by atoms with van der Waals surface area (Å²) in [5, 5.41) is 3.39. The van der Waals surface area contributed by atoms with E-state index in [1.54, 1.807) is 0 Å². The van der Waals surface area contributed by atoms with Gasteiger partial charge in [0.15, 0.2) is 5.82 Å². The zero-order valence-electron chi connectivity index (χ0n) is 12.7. The Bertz CT molecular complexity index is 658. The van der Waals surface area contributed by atoms with Crippen LogP contribution in [0.4, 0.5) is 5.82 Å². The fourth-order valence-electron chi connectivity index (χ4n) is 2.66. The van der Waals surface area contributed by atoms with E-state index in [9.17, 15) is 0 Å². The second-order valence-electron chi connectivity index (χ2n) is 5.67. The molecule has 1 aromatic heterocycles. The van der Waals surface area contributed by atoms with Crippen LogP contribution in [0.25, 0.3) is 11.4 Å². The Morgan fingerprint density at radius 3 is 2.43 bits per heavy atom. The lowest BCUT2D eigenvalue weighted by Crippen LogP contribution is -2.08. The number of aryl methyl sites for hydroxylation is 2. The highest BCUT2D eigenvalue weighted by atomic mass is 127. The number of benzene rings is 1. The molecule has 0 radical (unpaired) electrons. The molecule has 2 aromatic rings. The molecule has 110 valence electrons. The van der Waals surface area contributed by atoms with Gasteiger partial charge in [0.2, 0.25) is 0 Å². The summed E-state index contributed by atoms with van der Waals surface area (Å²) in [6.45, 7) is 7.25. The third-order valence-electron chi connectivity index (χ3n) is 3.89. The lowest BCUT2D eigenvalue weighted by molar-refractivity contribution is 0.969. The highest BCUT2D eigenvalue weighted by Gasteiger charge is 2.29. The number of nitrogens with one attached hydrogen (secondary N) is 1. The van der Waals surface area contributed by atoms with Gasteiger partial charge in [-0.05, 0) is 67.3 Å². The third-order valence-corrected chi connectivity index (χ3v) is 4.95. The molecule has 0 aliphatic heterocycles. The lowest BCUT2D eigenvalue weighted by atomic mass is 10.0. The molecule has 1 aliphatic rings. The van der Waals surface area contributed by atoms with Crippen molar-refractivity contribution in [2.24, 2.45) is 0 Å². The molecule has 0 unspecified atom stereocenters. The van der Waals surface area contributed by atoms with Crippen molar-refractivity contribution in [3.8, 4) is 11.4 Å². The van der Waals surface area contributed by atoms with Crippen molar-refractivity contribution in [1.82, 2.24) is 9.97 Å². The maximum atomic E-state index is 4.91. The van der Waals surface area contributed by atoms with Gasteiger partial charge in [0.05, 0.1) is 9.26 Å². The minimum Gasteiger partial charge on any atom is -0.369 e. The summed E-state index contributed by atoms with van der Waals surface area (Å²) in [5.41, 5.74) is 4.87. The predicted molar refractivity (Wildman–Crippen MR) is 95.8 cm³/mol. The van der Waals surface area contributed by atoms with Crippen LogP contribution in [0, 0.1) is 17.4 Å². The standard InChI is InChI=1S/C17H20IN3/c1-4-19-17-14(18)15(12-8-9-12)20-16(21-17)13-10(2)6-5-7-11(13)3/h5-7,12H,4,8-9H2,1-3H3,(H,19,20,21). The van der Waals surface area contributed by atoms with E-state index in [-0.39, 0.29) is 0 Å². The Morgan fingerprint density at radius 2 is 1.86 bits per heavy atom. The molecule has 1 heterocycles. The second kappa shape index (κ2) is 5.91. The summed E-state index contributed by atoms with van der Waals surface area (Å²) >= 11 is 2.39. The van der Waals surface area contributed by atoms with Crippen molar-refractivity contribution in [3.63, 3.8) is 0 Å². The highest BCUT2D eigenvalue weighted by molar-refractivity contribution is 14.1. The van der Waals surface area contributed by atoms with Crippen LogP contribution in [0.5, 0.6) is 0 Å². The van der Waals surface area contributed by atoms with Crippen LogP contribution in [-0.2, 0) is 0 Å². The zero-order valence-corrected chi connectivity index (χ0v) is 14.9. The molecule has 1 aliphatic carbocycles. The topological polar surface area (TPSA) is 37.8 Å². The van der Waals surface area contributed by atoms with E-state index in [1.165, 1.54) is 38.8 Å². The Kier molecular flexibility index (Phi) is 4.15. The first-order chi connectivity index (χ1) is 10.1. The van der Waals surface area contributed by atoms with E-state index in [2.05, 4.69) is 66.9 Å². The number of hydrogen-bond donors (Lipinski definition) is 1. The van der Waals surface area contributed by atoms with E-state index >= 15 is 0 Å². The maximum absolute atomic E-state index is 4.91. The molecule has 0 saturated heterocycles. The van der Waals surface area contributed by atoms with Gasteiger partial charge < -0.3 is 5.32 Å². The summed E-state index contributed by atoms with van der Waals surface area (Å²) in [6.07, 6.45) is 2.51. The van der Waals surface area contributed by atoms with Crippen molar-refractivity contribution in [1.29, 1.82) is 0 Å². The highest BCUT2D eigenvalue weighted by Crippen LogP contribution is 2.43. The number of rotatable bonds is 4. The summed E-state index contributed by atoms with van der Waals surface area (Å²) in [5.74, 6) is 2.47. The molecule has 3 nitrogen and oxygen atoms in total. The van der Waals surface area contributed by atoms with Gasteiger partial charge in [-0.2, -0.15) is 0 Å². The average Bonchev–Trinajstić information content (AvgIpc) is 3.26. The largest absolute Gasteiger partial charge is 0.369 e. The molecule has 0 spiro atoms. The van der Waals surface area contributed by atoms with Gasteiger partial charge in [-0.3, -0.25) is 0 Å². The second-order valence-corrected chi connectivity index (χ2v) is 6.75. The van der Waals surface area contributed by atoms with E-state index in [0.29, 0.717) is 5.92 Å². The first kappa shape index (κ1) is 14.8. The molecule has 1 saturated carbocycles. The van der Waals surface area contributed by atoms with Gasteiger partial charge in [-0.15, -0.1) is 0 Å². The van der Waals surface area contributed by atoms with Crippen molar-refractivity contribution < 1.29 is 0 Å². The normalized spacial score (nSPS) is 14.3. The number of hydrogen-bond acceptors (Lipinski definition) is 3. The van der Waals surface area contributed by atoms with Gasteiger partial charge in [0.25, 0.3) is 0 Å². The lowest BCUT2D eigenvalue weighted by Gasteiger charge is -2.14. The molecule has 1 N–H and O–H groups in total. The van der Waals surface area contributed by atoms with Crippen molar-refractivity contribution in [3.05, 3.63) is 38.6 Å². The Hall–Kier alpha value is -1.17. The monoisotopic (exact) mass is 393 g/mol. The van der Waals surface area contributed by atoms with Gasteiger partial charge in [0.1, 0.15) is 5.82 Å². The molecule has 3 rings (SSSR count). The summed E-state index contributed by atoms with van der Waals surface area (Å²) in [4.78, 5) is 9.71. The summed E-state index contributed by atoms with van der Waals surface area (Å²) in [6, 6.07) is 6.36. The van der Waals surface area contributed by atoms with Crippen LogP contribution < -0.4 is 5.32 Å². The molecule has 4 heteroatoms. The van der Waals surface area contributed by atoms with Gasteiger partial charge in [-0.1, -0.05) is 18.2 Å². The van der Waals surface area contributed by atoms with Crippen LogP contribution in [0.1, 0.15) is 42.5 Å². The average molecular weight is 393 g/mol. The molecule has 21 heavy (non-hydrogen) atoms. The minimum absolute atomic E-state index is 0.625.